The third-order valence-corrected chi connectivity index (χ3v) is 7.05. The average molecular weight is 292 g/mol. The van der Waals surface area contributed by atoms with E-state index in [1.807, 2.05) is 0 Å². The first kappa shape index (κ1) is 15.8. The highest BCUT2D eigenvalue weighted by molar-refractivity contribution is 5.09. The van der Waals surface area contributed by atoms with E-state index in [0.717, 1.165) is 11.8 Å². The van der Waals surface area contributed by atoms with Crippen molar-refractivity contribution in [3.05, 3.63) is 0 Å². The standard InChI is InChI=1S/C20H37N/c1-3-4-5-6-7-8-9-18(21)20-13-16-10-17(14-20)12-19(2,11-16)15-20/h16-18H,3-15,21H2,1-2H3. The van der Waals surface area contributed by atoms with Crippen LogP contribution in [0.25, 0.3) is 0 Å². The largest absolute Gasteiger partial charge is 0.327 e. The highest BCUT2D eigenvalue weighted by atomic mass is 14.7. The van der Waals surface area contributed by atoms with E-state index in [4.69, 9.17) is 5.73 Å². The lowest BCUT2D eigenvalue weighted by molar-refractivity contribution is -0.114. The topological polar surface area (TPSA) is 26.0 Å². The Morgan fingerprint density at radius 2 is 1.57 bits per heavy atom. The van der Waals surface area contributed by atoms with Crippen LogP contribution in [0.1, 0.15) is 97.3 Å². The van der Waals surface area contributed by atoms with E-state index in [1.165, 1.54) is 83.5 Å². The van der Waals surface area contributed by atoms with Crippen molar-refractivity contribution in [3.63, 3.8) is 0 Å². The molecule has 4 fully saturated rings. The van der Waals surface area contributed by atoms with Crippen LogP contribution in [0.15, 0.2) is 0 Å². The van der Waals surface area contributed by atoms with Gasteiger partial charge in [-0.25, -0.2) is 0 Å². The van der Waals surface area contributed by atoms with Crippen LogP contribution in [0.4, 0.5) is 0 Å². The zero-order chi connectivity index (χ0) is 14.9. The van der Waals surface area contributed by atoms with Gasteiger partial charge < -0.3 is 5.73 Å². The summed E-state index contributed by atoms with van der Waals surface area (Å²) in [5.41, 5.74) is 7.97. The lowest BCUT2D eigenvalue weighted by Gasteiger charge is -2.63. The van der Waals surface area contributed by atoms with E-state index in [1.54, 1.807) is 0 Å². The number of unbranched alkanes of at least 4 members (excludes halogenated alkanes) is 5. The molecular weight excluding hydrogens is 254 g/mol. The van der Waals surface area contributed by atoms with Gasteiger partial charge in [-0.2, -0.15) is 0 Å². The Bertz CT molecular complexity index is 334. The number of hydrogen-bond donors (Lipinski definition) is 1. The minimum absolute atomic E-state index is 0.494. The fraction of sp³-hybridized carbons (Fsp3) is 1.00. The summed E-state index contributed by atoms with van der Waals surface area (Å²) < 4.78 is 0. The van der Waals surface area contributed by atoms with Gasteiger partial charge >= 0.3 is 0 Å². The predicted molar refractivity (Wildman–Crippen MR) is 91.2 cm³/mol. The maximum absolute atomic E-state index is 6.77. The summed E-state index contributed by atoms with van der Waals surface area (Å²) in [5, 5.41) is 0. The summed E-state index contributed by atoms with van der Waals surface area (Å²) in [6, 6.07) is 0.494. The molecule has 4 rings (SSSR count). The second kappa shape index (κ2) is 6.22. The quantitative estimate of drug-likeness (QED) is 0.573. The van der Waals surface area contributed by atoms with Crippen LogP contribution in [0, 0.1) is 22.7 Å². The Balaban J connectivity index is 1.49. The van der Waals surface area contributed by atoms with Crippen molar-refractivity contribution in [1.82, 2.24) is 0 Å². The van der Waals surface area contributed by atoms with Gasteiger partial charge in [0.05, 0.1) is 0 Å². The third-order valence-electron chi connectivity index (χ3n) is 7.05. The fourth-order valence-electron chi connectivity index (χ4n) is 6.68. The Morgan fingerprint density at radius 3 is 2.19 bits per heavy atom. The Labute approximate surface area is 132 Å². The molecule has 4 bridgehead atoms. The summed E-state index contributed by atoms with van der Waals surface area (Å²) in [6.07, 6.45) is 18.6. The zero-order valence-electron chi connectivity index (χ0n) is 14.5. The van der Waals surface area contributed by atoms with Crippen molar-refractivity contribution in [3.8, 4) is 0 Å². The number of nitrogens with two attached hydrogens (primary N) is 1. The lowest BCUT2D eigenvalue weighted by atomic mass is 9.43. The molecular formula is C20H37N. The van der Waals surface area contributed by atoms with Crippen LogP contribution in [-0.2, 0) is 0 Å². The molecule has 1 nitrogen and oxygen atoms in total. The number of rotatable bonds is 8. The van der Waals surface area contributed by atoms with Gasteiger partial charge in [-0.05, 0) is 67.6 Å². The van der Waals surface area contributed by atoms with E-state index in [-0.39, 0.29) is 0 Å². The molecule has 0 spiro atoms. The van der Waals surface area contributed by atoms with Gasteiger partial charge in [0.1, 0.15) is 0 Å². The van der Waals surface area contributed by atoms with Crippen LogP contribution in [0.5, 0.6) is 0 Å². The first-order valence-electron chi connectivity index (χ1n) is 9.81. The van der Waals surface area contributed by atoms with E-state index in [2.05, 4.69) is 13.8 Å². The van der Waals surface area contributed by atoms with Crippen LogP contribution >= 0.6 is 0 Å². The maximum atomic E-state index is 6.77. The summed E-state index contributed by atoms with van der Waals surface area (Å²) in [6.45, 7) is 4.86. The minimum Gasteiger partial charge on any atom is -0.327 e. The highest BCUT2D eigenvalue weighted by Gasteiger charge is 2.57. The molecule has 0 aromatic rings. The van der Waals surface area contributed by atoms with E-state index in [0.29, 0.717) is 16.9 Å². The predicted octanol–water partition coefficient (Wildman–Crippen LogP) is 5.67. The van der Waals surface area contributed by atoms with Crippen molar-refractivity contribution in [1.29, 1.82) is 0 Å². The molecule has 2 N–H and O–H groups in total. The summed E-state index contributed by atoms with van der Waals surface area (Å²) in [5.74, 6) is 2.04. The van der Waals surface area contributed by atoms with Gasteiger partial charge in [-0.3, -0.25) is 0 Å². The normalized spacial score (nSPS) is 42.4. The molecule has 0 heterocycles. The van der Waals surface area contributed by atoms with Crippen molar-refractivity contribution >= 4 is 0 Å². The van der Waals surface area contributed by atoms with Crippen molar-refractivity contribution in [2.24, 2.45) is 28.4 Å². The van der Waals surface area contributed by atoms with Gasteiger partial charge in [0, 0.05) is 6.04 Å². The summed E-state index contributed by atoms with van der Waals surface area (Å²) >= 11 is 0. The molecule has 0 aromatic carbocycles. The van der Waals surface area contributed by atoms with Gasteiger partial charge in [0.2, 0.25) is 0 Å². The molecule has 1 heteroatoms. The van der Waals surface area contributed by atoms with Gasteiger partial charge in [-0.1, -0.05) is 52.4 Å². The average Bonchev–Trinajstić information content (AvgIpc) is 2.39. The van der Waals surface area contributed by atoms with E-state index in [9.17, 15) is 0 Å². The molecule has 3 atom stereocenters. The molecule has 0 aliphatic heterocycles. The molecule has 0 amide bonds. The Morgan fingerprint density at radius 1 is 0.952 bits per heavy atom. The minimum atomic E-state index is 0.494. The fourth-order valence-corrected chi connectivity index (χ4v) is 6.68. The second-order valence-corrected chi connectivity index (χ2v) is 9.30. The molecule has 122 valence electrons. The van der Waals surface area contributed by atoms with Crippen molar-refractivity contribution < 1.29 is 0 Å². The second-order valence-electron chi connectivity index (χ2n) is 9.30. The van der Waals surface area contributed by atoms with Crippen LogP contribution in [-0.4, -0.2) is 6.04 Å². The first-order chi connectivity index (χ1) is 10.1. The summed E-state index contributed by atoms with van der Waals surface area (Å²) in [4.78, 5) is 0. The SMILES string of the molecule is CCCCCCCCC(N)C12CC3CC(CC(C)(C3)C1)C2. The molecule has 0 radical (unpaired) electrons. The van der Waals surface area contributed by atoms with Gasteiger partial charge in [0.15, 0.2) is 0 Å². The van der Waals surface area contributed by atoms with Crippen molar-refractivity contribution in [2.45, 2.75) is 103 Å². The molecule has 4 aliphatic carbocycles. The molecule has 4 saturated carbocycles. The van der Waals surface area contributed by atoms with Crippen LogP contribution in [0.3, 0.4) is 0 Å². The summed E-state index contributed by atoms with van der Waals surface area (Å²) in [7, 11) is 0. The smallest absolute Gasteiger partial charge is 0.00959 e. The Kier molecular flexibility index (Phi) is 4.69. The maximum Gasteiger partial charge on any atom is 0.00959 e. The van der Waals surface area contributed by atoms with E-state index >= 15 is 0 Å². The molecule has 0 aromatic heterocycles. The van der Waals surface area contributed by atoms with Crippen LogP contribution < -0.4 is 5.73 Å². The van der Waals surface area contributed by atoms with Gasteiger partial charge in [-0.15, -0.1) is 0 Å². The van der Waals surface area contributed by atoms with Crippen molar-refractivity contribution in [2.75, 3.05) is 0 Å². The van der Waals surface area contributed by atoms with Gasteiger partial charge in [0.25, 0.3) is 0 Å². The van der Waals surface area contributed by atoms with Crippen LogP contribution in [0.2, 0.25) is 0 Å². The molecule has 0 saturated heterocycles. The third kappa shape index (κ3) is 3.33. The Hall–Kier alpha value is -0.0400. The molecule has 3 unspecified atom stereocenters. The monoisotopic (exact) mass is 291 g/mol. The van der Waals surface area contributed by atoms with E-state index < -0.39 is 0 Å². The zero-order valence-corrected chi connectivity index (χ0v) is 14.5. The molecule has 4 aliphatic rings. The number of hydrogen-bond acceptors (Lipinski definition) is 1. The molecule has 21 heavy (non-hydrogen) atoms. The highest BCUT2D eigenvalue weighted by Crippen LogP contribution is 2.66. The lowest BCUT2D eigenvalue weighted by Crippen LogP contribution is -2.57. The first-order valence-corrected chi connectivity index (χ1v) is 9.81.